The molecule has 0 atom stereocenters. The Morgan fingerprint density at radius 2 is 1.97 bits per heavy atom. The monoisotopic (exact) mass is 420 g/mol. The van der Waals surface area contributed by atoms with E-state index in [0.717, 1.165) is 66.3 Å². The van der Waals surface area contributed by atoms with Crippen LogP contribution in [-0.4, -0.2) is 40.6 Å². The molecule has 0 bridgehead atoms. The first-order valence-electron chi connectivity index (χ1n) is 10.6. The van der Waals surface area contributed by atoms with Crippen LogP contribution in [-0.2, 0) is 25.9 Å². The number of nitrogens with one attached hydrogen (secondary N) is 1. The fourth-order valence-corrected chi connectivity index (χ4v) is 3.97. The fraction of sp³-hybridized carbons (Fsp3) is 0.375. The van der Waals surface area contributed by atoms with E-state index in [1.54, 1.807) is 14.2 Å². The van der Waals surface area contributed by atoms with Crippen LogP contribution in [0.5, 0.6) is 11.5 Å². The molecule has 7 nitrogen and oxygen atoms in total. The standard InChI is InChI=1S/C24H28N4O3/c1-4-5-23-26-20-10-11-28(15-18(20)24(29)27-23)14-16-6-8-19(25-13-16)17-7-9-21(30-2)22(12-17)31-3/h6-9,12-13H,4-5,10-11,14-15H2,1-3H3,(H,26,27,29). The van der Waals surface area contributed by atoms with Crippen LogP contribution in [0.2, 0.25) is 0 Å². The molecule has 3 aromatic rings. The number of benzene rings is 1. The van der Waals surface area contributed by atoms with Crippen molar-refractivity contribution >= 4 is 0 Å². The summed E-state index contributed by atoms with van der Waals surface area (Å²) in [6.07, 6.45) is 4.48. The summed E-state index contributed by atoms with van der Waals surface area (Å²) >= 11 is 0. The summed E-state index contributed by atoms with van der Waals surface area (Å²) in [7, 11) is 3.25. The number of H-pyrrole nitrogens is 1. The SMILES string of the molecule is CCCc1nc2c(c(=O)[nH]1)CN(Cc1ccc(-c3ccc(OC)c(OC)c3)nc1)CC2. The first-order valence-corrected chi connectivity index (χ1v) is 10.6. The van der Waals surface area contributed by atoms with E-state index in [0.29, 0.717) is 18.0 Å². The van der Waals surface area contributed by atoms with Crippen molar-refractivity contribution in [1.82, 2.24) is 19.9 Å². The molecule has 2 aromatic heterocycles. The highest BCUT2D eigenvalue weighted by molar-refractivity contribution is 5.64. The van der Waals surface area contributed by atoms with Gasteiger partial charge in [0.25, 0.3) is 5.56 Å². The van der Waals surface area contributed by atoms with E-state index in [4.69, 9.17) is 9.47 Å². The van der Waals surface area contributed by atoms with Crippen LogP contribution in [0.3, 0.4) is 0 Å². The van der Waals surface area contributed by atoms with E-state index in [1.165, 1.54) is 0 Å². The maximum Gasteiger partial charge on any atom is 0.255 e. The Kier molecular flexibility index (Phi) is 6.32. The molecular formula is C24H28N4O3. The predicted octanol–water partition coefficient (Wildman–Crippen LogP) is 3.36. The van der Waals surface area contributed by atoms with Crippen molar-refractivity contribution < 1.29 is 9.47 Å². The maximum absolute atomic E-state index is 12.5. The number of aryl methyl sites for hydroxylation is 1. The van der Waals surface area contributed by atoms with Gasteiger partial charge in [-0.2, -0.15) is 0 Å². The van der Waals surface area contributed by atoms with Gasteiger partial charge in [-0.1, -0.05) is 13.0 Å². The van der Waals surface area contributed by atoms with Gasteiger partial charge in [-0.25, -0.2) is 4.98 Å². The number of pyridine rings is 1. The molecular weight excluding hydrogens is 392 g/mol. The van der Waals surface area contributed by atoms with Crippen molar-refractivity contribution in [3.8, 4) is 22.8 Å². The Labute approximate surface area is 182 Å². The first-order chi connectivity index (χ1) is 15.1. The predicted molar refractivity (Wildman–Crippen MR) is 119 cm³/mol. The van der Waals surface area contributed by atoms with Crippen LogP contribution < -0.4 is 15.0 Å². The molecule has 0 aliphatic carbocycles. The van der Waals surface area contributed by atoms with E-state index in [9.17, 15) is 4.79 Å². The number of methoxy groups -OCH3 is 2. The lowest BCUT2D eigenvalue weighted by Crippen LogP contribution is -2.35. The summed E-state index contributed by atoms with van der Waals surface area (Å²) in [6.45, 7) is 4.33. The van der Waals surface area contributed by atoms with Crippen LogP contribution in [0.25, 0.3) is 11.3 Å². The topological polar surface area (TPSA) is 80.3 Å². The molecule has 0 fully saturated rings. The van der Waals surface area contributed by atoms with E-state index in [2.05, 4.69) is 32.8 Å². The van der Waals surface area contributed by atoms with Crippen LogP contribution in [0.1, 0.15) is 36.0 Å². The lowest BCUT2D eigenvalue weighted by atomic mass is 10.1. The van der Waals surface area contributed by atoms with Crippen molar-refractivity contribution in [2.45, 2.75) is 39.3 Å². The van der Waals surface area contributed by atoms with Crippen molar-refractivity contribution in [2.75, 3.05) is 20.8 Å². The van der Waals surface area contributed by atoms with Crippen molar-refractivity contribution in [1.29, 1.82) is 0 Å². The van der Waals surface area contributed by atoms with Crippen LogP contribution in [0, 0.1) is 0 Å². The van der Waals surface area contributed by atoms with Crippen molar-refractivity contribution in [2.24, 2.45) is 0 Å². The number of hydrogen-bond donors (Lipinski definition) is 1. The molecule has 7 heteroatoms. The lowest BCUT2D eigenvalue weighted by molar-refractivity contribution is 0.241. The summed E-state index contributed by atoms with van der Waals surface area (Å²) in [4.78, 5) is 27.0. The summed E-state index contributed by atoms with van der Waals surface area (Å²) in [6, 6.07) is 9.87. The smallest absolute Gasteiger partial charge is 0.255 e. The molecule has 0 radical (unpaired) electrons. The zero-order chi connectivity index (χ0) is 21.8. The van der Waals surface area contributed by atoms with Gasteiger partial charge in [-0.3, -0.25) is 14.7 Å². The molecule has 1 aromatic carbocycles. The third-order valence-electron chi connectivity index (χ3n) is 5.59. The number of hydrogen-bond acceptors (Lipinski definition) is 6. The molecule has 0 saturated carbocycles. The molecule has 0 spiro atoms. The van der Waals surface area contributed by atoms with E-state index < -0.39 is 0 Å². The molecule has 0 amide bonds. The molecule has 0 unspecified atom stereocenters. The van der Waals surface area contributed by atoms with E-state index in [-0.39, 0.29) is 5.56 Å². The number of ether oxygens (including phenoxy) is 2. The van der Waals surface area contributed by atoms with Gasteiger partial charge < -0.3 is 14.5 Å². The second kappa shape index (κ2) is 9.31. The minimum atomic E-state index is 0.0000703. The number of fused-ring (bicyclic) bond motifs is 1. The normalized spacial score (nSPS) is 13.6. The minimum Gasteiger partial charge on any atom is -0.493 e. The van der Waals surface area contributed by atoms with Crippen molar-refractivity contribution in [3.05, 3.63) is 69.5 Å². The van der Waals surface area contributed by atoms with Gasteiger partial charge in [0.05, 0.1) is 31.2 Å². The van der Waals surface area contributed by atoms with Crippen LogP contribution in [0.4, 0.5) is 0 Å². The van der Waals surface area contributed by atoms with Gasteiger partial charge in [0.2, 0.25) is 0 Å². The number of nitrogens with zero attached hydrogens (tertiary/aromatic N) is 3. The Balaban J connectivity index is 1.46. The molecule has 0 saturated heterocycles. The average Bonchev–Trinajstić information content (AvgIpc) is 2.80. The molecule has 1 N–H and O–H groups in total. The van der Waals surface area contributed by atoms with Gasteiger partial charge in [0.1, 0.15) is 5.82 Å². The second-order valence-corrected chi connectivity index (χ2v) is 7.77. The molecule has 31 heavy (non-hydrogen) atoms. The quantitative estimate of drug-likeness (QED) is 0.631. The zero-order valence-electron chi connectivity index (χ0n) is 18.3. The average molecular weight is 421 g/mol. The molecule has 1 aliphatic heterocycles. The van der Waals surface area contributed by atoms with Gasteiger partial charge in [0.15, 0.2) is 11.5 Å². The molecule has 4 rings (SSSR count). The van der Waals surface area contributed by atoms with E-state index >= 15 is 0 Å². The third-order valence-corrected chi connectivity index (χ3v) is 5.59. The molecule has 3 heterocycles. The number of rotatable bonds is 7. The third kappa shape index (κ3) is 4.61. The lowest BCUT2D eigenvalue weighted by Gasteiger charge is -2.27. The summed E-state index contributed by atoms with van der Waals surface area (Å²) in [5.74, 6) is 2.17. The maximum atomic E-state index is 12.5. The second-order valence-electron chi connectivity index (χ2n) is 7.77. The Morgan fingerprint density at radius 1 is 1.13 bits per heavy atom. The zero-order valence-corrected chi connectivity index (χ0v) is 18.3. The molecule has 1 aliphatic rings. The van der Waals surface area contributed by atoms with Gasteiger partial charge in [0, 0.05) is 44.2 Å². The molecule has 162 valence electrons. The highest BCUT2D eigenvalue weighted by Crippen LogP contribution is 2.31. The number of aromatic nitrogens is 3. The largest absolute Gasteiger partial charge is 0.493 e. The Hall–Kier alpha value is -3.19. The van der Waals surface area contributed by atoms with E-state index in [1.807, 2.05) is 30.5 Å². The fourth-order valence-electron chi connectivity index (χ4n) is 3.97. The van der Waals surface area contributed by atoms with Crippen LogP contribution >= 0.6 is 0 Å². The Morgan fingerprint density at radius 3 is 2.68 bits per heavy atom. The number of aromatic amines is 1. The van der Waals surface area contributed by atoms with Gasteiger partial charge >= 0.3 is 0 Å². The summed E-state index contributed by atoms with van der Waals surface area (Å²) in [5.41, 5.74) is 4.69. The van der Waals surface area contributed by atoms with Crippen LogP contribution in [0.15, 0.2) is 41.3 Å². The van der Waals surface area contributed by atoms with Gasteiger partial charge in [-0.15, -0.1) is 0 Å². The van der Waals surface area contributed by atoms with Gasteiger partial charge in [-0.05, 0) is 36.2 Å². The summed E-state index contributed by atoms with van der Waals surface area (Å²) in [5, 5.41) is 0. The minimum absolute atomic E-state index is 0.0000703. The first kappa shape index (κ1) is 21.1. The highest BCUT2D eigenvalue weighted by atomic mass is 16.5. The highest BCUT2D eigenvalue weighted by Gasteiger charge is 2.21. The Bertz CT molecular complexity index is 1110. The summed E-state index contributed by atoms with van der Waals surface area (Å²) < 4.78 is 10.7. The van der Waals surface area contributed by atoms with Crippen molar-refractivity contribution in [3.63, 3.8) is 0 Å².